The van der Waals surface area contributed by atoms with Gasteiger partial charge in [0.15, 0.2) is 10.6 Å². The molecule has 2 aromatic rings. The van der Waals surface area contributed by atoms with Gasteiger partial charge in [-0.15, -0.1) is 0 Å². The van der Waals surface area contributed by atoms with E-state index in [1.54, 1.807) is 32.3 Å². The van der Waals surface area contributed by atoms with E-state index < -0.39 is 5.97 Å². The summed E-state index contributed by atoms with van der Waals surface area (Å²) in [4.78, 5) is 40.0. The van der Waals surface area contributed by atoms with E-state index in [-0.39, 0.29) is 24.5 Å². The lowest BCUT2D eigenvalue weighted by molar-refractivity contribution is -0.116. The molecular weight excluding hydrogens is 330 g/mol. The van der Waals surface area contributed by atoms with Crippen molar-refractivity contribution in [2.45, 2.75) is 34.2 Å². The molecule has 24 heavy (non-hydrogen) atoms. The highest BCUT2D eigenvalue weighted by Gasteiger charge is 2.17. The third-order valence-electron chi connectivity index (χ3n) is 3.36. The summed E-state index contributed by atoms with van der Waals surface area (Å²) in [5, 5.41) is 3.02. The number of anilines is 1. The summed E-state index contributed by atoms with van der Waals surface area (Å²) in [7, 11) is 0. The Morgan fingerprint density at radius 3 is 2.46 bits per heavy atom. The standard InChI is InChI=1S/C16H19N3O4S/c1-5-23-15(22)14-11(4)17-16(24-14)18-13(21)8-19-9(2)6-12(20)7-10(19)3/h6-7H,5,8H2,1-4H3,(H,17,18,21). The molecule has 0 aliphatic heterocycles. The minimum absolute atomic E-state index is 0.0608. The van der Waals surface area contributed by atoms with Crippen molar-refractivity contribution < 1.29 is 14.3 Å². The Labute approximate surface area is 143 Å². The molecule has 0 atom stereocenters. The third kappa shape index (κ3) is 4.08. The molecule has 0 unspecified atom stereocenters. The second kappa shape index (κ2) is 7.39. The number of rotatable bonds is 5. The van der Waals surface area contributed by atoms with Crippen LogP contribution in [0, 0.1) is 20.8 Å². The highest BCUT2D eigenvalue weighted by Crippen LogP contribution is 2.23. The van der Waals surface area contributed by atoms with Crippen LogP contribution in [-0.4, -0.2) is 28.0 Å². The number of esters is 1. The largest absolute Gasteiger partial charge is 0.462 e. The first-order valence-electron chi connectivity index (χ1n) is 7.44. The molecule has 0 aliphatic carbocycles. The van der Waals surface area contributed by atoms with Gasteiger partial charge in [0.2, 0.25) is 5.91 Å². The van der Waals surface area contributed by atoms with Gasteiger partial charge >= 0.3 is 5.97 Å². The van der Waals surface area contributed by atoms with Gasteiger partial charge < -0.3 is 14.6 Å². The van der Waals surface area contributed by atoms with Crippen LogP contribution in [0.3, 0.4) is 0 Å². The Balaban J connectivity index is 2.12. The van der Waals surface area contributed by atoms with E-state index in [9.17, 15) is 14.4 Å². The van der Waals surface area contributed by atoms with Crippen LogP contribution in [0.4, 0.5) is 5.13 Å². The SMILES string of the molecule is CCOC(=O)c1sc(NC(=O)Cn2c(C)cc(=O)cc2C)nc1C. The smallest absolute Gasteiger partial charge is 0.350 e. The highest BCUT2D eigenvalue weighted by atomic mass is 32.1. The summed E-state index contributed by atoms with van der Waals surface area (Å²) in [6.45, 7) is 7.30. The second-order valence-electron chi connectivity index (χ2n) is 5.26. The highest BCUT2D eigenvalue weighted by molar-refractivity contribution is 7.17. The summed E-state index contributed by atoms with van der Waals surface area (Å²) in [6, 6.07) is 2.96. The van der Waals surface area contributed by atoms with E-state index in [1.165, 1.54) is 12.1 Å². The monoisotopic (exact) mass is 349 g/mol. The Morgan fingerprint density at radius 1 is 1.25 bits per heavy atom. The summed E-state index contributed by atoms with van der Waals surface area (Å²) >= 11 is 1.08. The van der Waals surface area contributed by atoms with Crippen molar-refractivity contribution in [2.24, 2.45) is 0 Å². The van der Waals surface area contributed by atoms with Gasteiger partial charge in [0.05, 0.1) is 12.3 Å². The van der Waals surface area contributed by atoms with Gasteiger partial charge in [0.1, 0.15) is 11.4 Å². The predicted molar refractivity (Wildman–Crippen MR) is 91.6 cm³/mol. The van der Waals surface area contributed by atoms with Crippen LogP contribution in [-0.2, 0) is 16.1 Å². The lowest BCUT2D eigenvalue weighted by Gasteiger charge is -2.13. The number of ether oxygens (including phenoxy) is 1. The van der Waals surface area contributed by atoms with Crippen molar-refractivity contribution in [3.8, 4) is 0 Å². The number of hydrogen-bond acceptors (Lipinski definition) is 6. The van der Waals surface area contributed by atoms with E-state index in [0.29, 0.717) is 27.1 Å². The first-order chi connectivity index (χ1) is 11.3. The van der Waals surface area contributed by atoms with Gasteiger partial charge in [0.25, 0.3) is 0 Å². The van der Waals surface area contributed by atoms with Crippen molar-refractivity contribution in [1.29, 1.82) is 0 Å². The molecule has 8 heteroatoms. The maximum atomic E-state index is 12.2. The molecule has 0 fully saturated rings. The molecule has 2 rings (SSSR count). The lowest BCUT2D eigenvalue weighted by atomic mass is 10.3. The summed E-state index contributed by atoms with van der Waals surface area (Å²) in [5.74, 6) is -0.728. The molecule has 0 aromatic carbocycles. The van der Waals surface area contributed by atoms with Crippen LogP contribution < -0.4 is 10.7 Å². The second-order valence-corrected chi connectivity index (χ2v) is 6.26. The number of pyridine rings is 1. The number of carbonyl (C=O) groups excluding carboxylic acids is 2. The van der Waals surface area contributed by atoms with E-state index in [1.807, 2.05) is 0 Å². The van der Waals surface area contributed by atoms with E-state index in [2.05, 4.69) is 10.3 Å². The number of aromatic nitrogens is 2. The zero-order chi connectivity index (χ0) is 17.9. The van der Waals surface area contributed by atoms with Crippen molar-refractivity contribution in [1.82, 2.24) is 9.55 Å². The third-order valence-corrected chi connectivity index (χ3v) is 4.41. The minimum atomic E-state index is -0.444. The molecule has 0 aliphatic rings. The van der Waals surface area contributed by atoms with Gasteiger partial charge in [-0.25, -0.2) is 9.78 Å². The molecule has 0 spiro atoms. The average Bonchev–Trinajstić information content (AvgIpc) is 2.83. The number of thiazole rings is 1. The molecule has 0 saturated carbocycles. The fourth-order valence-corrected chi connectivity index (χ4v) is 3.15. The van der Waals surface area contributed by atoms with E-state index in [0.717, 1.165) is 11.3 Å². The number of amides is 1. The Hall–Kier alpha value is -2.48. The fraction of sp³-hybridized carbons (Fsp3) is 0.375. The number of hydrogen-bond donors (Lipinski definition) is 1. The van der Waals surface area contributed by atoms with Crippen molar-refractivity contribution in [3.63, 3.8) is 0 Å². The van der Waals surface area contributed by atoms with Crippen molar-refractivity contribution >= 4 is 28.3 Å². The quantitative estimate of drug-likeness (QED) is 0.834. The molecular formula is C16H19N3O4S. The van der Waals surface area contributed by atoms with E-state index in [4.69, 9.17) is 4.74 Å². The Bertz CT molecular complexity index is 812. The van der Waals surface area contributed by atoms with Gasteiger partial charge in [-0.05, 0) is 27.7 Å². The van der Waals surface area contributed by atoms with Crippen LogP contribution in [0.1, 0.15) is 33.7 Å². The minimum Gasteiger partial charge on any atom is -0.462 e. The fourth-order valence-electron chi connectivity index (χ4n) is 2.28. The maximum Gasteiger partial charge on any atom is 0.350 e. The Morgan fingerprint density at radius 2 is 1.88 bits per heavy atom. The van der Waals surface area contributed by atoms with E-state index >= 15 is 0 Å². The number of carbonyl (C=O) groups is 2. The molecule has 0 bridgehead atoms. The first-order valence-corrected chi connectivity index (χ1v) is 8.26. The molecule has 1 N–H and O–H groups in total. The topological polar surface area (TPSA) is 90.3 Å². The van der Waals surface area contributed by atoms with Crippen molar-refractivity contribution in [3.05, 3.63) is 44.3 Å². The molecule has 0 radical (unpaired) electrons. The lowest BCUT2D eigenvalue weighted by Crippen LogP contribution is -2.23. The number of aryl methyl sites for hydroxylation is 3. The van der Waals surface area contributed by atoms with Crippen LogP contribution in [0.15, 0.2) is 16.9 Å². The average molecular weight is 349 g/mol. The van der Waals surface area contributed by atoms with Gasteiger partial charge in [-0.1, -0.05) is 11.3 Å². The number of nitrogens with zero attached hydrogens (tertiary/aromatic N) is 2. The summed E-state index contributed by atoms with van der Waals surface area (Å²) < 4.78 is 6.69. The molecule has 2 heterocycles. The molecule has 1 amide bonds. The number of nitrogens with one attached hydrogen (secondary N) is 1. The molecule has 128 valence electrons. The summed E-state index contributed by atoms with van der Waals surface area (Å²) in [5.41, 5.74) is 1.84. The molecule has 2 aromatic heterocycles. The first kappa shape index (κ1) is 17.9. The van der Waals surface area contributed by atoms with Crippen LogP contribution in [0.25, 0.3) is 0 Å². The van der Waals surface area contributed by atoms with Crippen LogP contribution in [0.2, 0.25) is 0 Å². The zero-order valence-corrected chi connectivity index (χ0v) is 14.8. The van der Waals surface area contributed by atoms with Crippen LogP contribution >= 0.6 is 11.3 Å². The van der Waals surface area contributed by atoms with Gasteiger partial charge in [-0.2, -0.15) is 0 Å². The molecule has 0 saturated heterocycles. The predicted octanol–water partition coefficient (Wildman–Crippen LogP) is 2.05. The maximum absolute atomic E-state index is 12.2. The van der Waals surface area contributed by atoms with Crippen LogP contribution in [0.5, 0.6) is 0 Å². The van der Waals surface area contributed by atoms with Crippen molar-refractivity contribution in [2.75, 3.05) is 11.9 Å². The van der Waals surface area contributed by atoms with Gasteiger partial charge in [-0.3, -0.25) is 9.59 Å². The summed E-state index contributed by atoms with van der Waals surface area (Å²) in [6.07, 6.45) is 0. The zero-order valence-electron chi connectivity index (χ0n) is 14.0. The Kier molecular flexibility index (Phi) is 5.50. The molecule has 7 nitrogen and oxygen atoms in total. The normalized spacial score (nSPS) is 10.5. The van der Waals surface area contributed by atoms with Gasteiger partial charge in [0, 0.05) is 23.5 Å².